The number of carbonyl (C=O) groups excluding carboxylic acids is 3. The van der Waals surface area contributed by atoms with E-state index in [9.17, 15) is 14.4 Å². The largest absolute Gasteiger partial charge is 0.462 e. The first kappa shape index (κ1) is 61.9. The fourth-order valence-corrected chi connectivity index (χ4v) is 8.38. The molecule has 64 heavy (non-hydrogen) atoms. The van der Waals surface area contributed by atoms with Crippen LogP contribution in [0.2, 0.25) is 0 Å². The van der Waals surface area contributed by atoms with Crippen molar-refractivity contribution in [2.45, 2.75) is 316 Å². The van der Waals surface area contributed by atoms with E-state index in [-0.39, 0.29) is 31.1 Å². The summed E-state index contributed by atoms with van der Waals surface area (Å²) >= 11 is 0. The molecular weight excluding hydrogens is 793 g/mol. The SMILES string of the molecule is CCC/C=C\CCCCCCCC(=O)OCC(COC(=O)CCCCCCCCCCCCCCCCCCCCCCCCC)OC(=O)CCCCCCC/C=C\CCCCCC. The smallest absolute Gasteiger partial charge is 0.306 e. The van der Waals surface area contributed by atoms with Gasteiger partial charge in [-0.3, -0.25) is 14.4 Å². The van der Waals surface area contributed by atoms with E-state index in [1.807, 2.05) is 0 Å². The highest BCUT2D eigenvalue weighted by molar-refractivity contribution is 5.71. The Balaban J connectivity index is 4.18. The molecule has 0 N–H and O–H groups in total. The molecular formula is C58H108O6. The van der Waals surface area contributed by atoms with E-state index < -0.39 is 6.10 Å². The van der Waals surface area contributed by atoms with Crippen molar-refractivity contribution in [1.82, 2.24) is 0 Å². The summed E-state index contributed by atoms with van der Waals surface area (Å²) in [5.74, 6) is -0.878. The maximum absolute atomic E-state index is 12.8. The molecule has 0 saturated heterocycles. The van der Waals surface area contributed by atoms with Crippen LogP contribution in [0.15, 0.2) is 24.3 Å². The van der Waals surface area contributed by atoms with E-state index in [2.05, 4.69) is 45.1 Å². The molecule has 0 aliphatic carbocycles. The normalized spacial score (nSPS) is 12.1. The van der Waals surface area contributed by atoms with Gasteiger partial charge in [0.2, 0.25) is 0 Å². The second-order valence-electron chi connectivity index (χ2n) is 19.2. The van der Waals surface area contributed by atoms with Gasteiger partial charge in [-0.15, -0.1) is 0 Å². The average molecular weight is 901 g/mol. The van der Waals surface area contributed by atoms with Crippen LogP contribution in [0.4, 0.5) is 0 Å². The minimum Gasteiger partial charge on any atom is -0.462 e. The molecule has 6 heteroatoms. The van der Waals surface area contributed by atoms with E-state index in [0.717, 1.165) is 77.0 Å². The molecule has 0 aromatic heterocycles. The number of allylic oxidation sites excluding steroid dienone is 4. The van der Waals surface area contributed by atoms with Crippen LogP contribution in [0.1, 0.15) is 310 Å². The molecule has 0 aliphatic heterocycles. The third-order valence-corrected chi connectivity index (χ3v) is 12.7. The Labute approximate surface area is 398 Å². The van der Waals surface area contributed by atoms with Gasteiger partial charge in [0.25, 0.3) is 0 Å². The third-order valence-electron chi connectivity index (χ3n) is 12.7. The van der Waals surface area contributed by atoms with E-state index >= 15 is 0 Å². The molecule has 0 aromatic carbocycles. The highest BCUT2D eigenvalue weighted by Crippen LogP contribution is 2.17. The summed E-state index contributed by atoms with van der Waals surface area (Å²) < 4.78 is 16.8. The summed E-state index contributed by atoms with van der Waals surface area (Å²) in [4.78, 5) is 38.0. The van der Waals surface area contributed by atoms with Gasteiger partial charge in [0, 0.05) is 19.3 Å². The zero-order valence-electron chi connectivity index (χ0n) is 43.1. The zero-order valence-corrected chi connectivity index (χ0v) is 43.1. The van der Waals surface area contributed by atoms with Crippen molar-refractivity contribution in [1.29, 1.82) is 0 Å². The summed E-state index contributed by atoms with van der Waals surface area (Å²) in [6.45, 7) is 6.59. The molecule has 0 fully saturated rings. The van der Waals surface area contributed by atoms with E-state index in [0.29, 0.717) is 19.3 Å². The maximum Gasteiger partial charge on any atom is 0.306 e. The first-order chi connectivity index (χ1) is 31.5. The van der Waals surface area contributed by atoms with Crippen molar-refractivity contribution in [2.24, 2.45) is 0 Å². The summed E-state index contributed by atoms with van der Waals surface area (Å²) in [5.41, 5.74) is 0. The van der Waals surface area contributed by atoms with Crippen molar-refractivity contribution in [3.05, 3.63) is 24.3 Å². The zero-order chi connectivity index (χ0) is 46.5. The van der Waals surface area contributed by atoms with Gasteiger partial charge in [0.1, 0.15) is 13.2 Å². The maximum atomic E-state index is 12.8. The predicted molar refractivity (Wildman–Crippen MR) is 275 cm³/mol. The summed E-state index contributed by atoms with van der Waals surface area (Å²) in [5, 5.41) is 0. The van der Waals surface area contributed by atoms with E-state index in [4.69, 9.17) is 14.2 Å². The van der Waals surface area contributed by atoms with Crippen LogP contribution in [0.5, 0.6) is 0 Å². The Bertz CT molecular complexity index is 1040. The lowest BCUT2D eigenvalue weighted by Crippen LogP contribution is -2.30. The van der Waals surface area contributed by atoms with Crippen LogP contribution >= 0.6 is 0 Å². The van der Waals surface area contributed by atoms with Gasteiger partial charge in [-0.1, -0.05) is 251 Å². The Morgan fingerprint density at radius 1 is 0.297 bits per heavy atom. The van der Waals surface area contributed by atoms with Crippen LogP contribution in [0.3, 0.4) is 0 Å². The third kappa shape index (κ3) is 50.9. The topological polar surface area (TPSA) is 78.9 Å². The van der Waals surface area contributed by atoms with Gasteiger partial charge in [-0.2, -0.15) is 0 Å². The van der Waals surface area contributed by atoms with Crippen LogP contribution in [0, 0.1) is 0 Å². The number of hydrogen-bond acceptors (Lipinski definition) is 6. The van der Waals surface area contributed by atoms with Gasteiger partial charge in [-0.25, -0.2) is 0 Å². The second kappa shape index (κ2) is 53.5. The van der Waals surface area contributed by atoms with Gasteiger partial charge < -0.3 is 14.2 Å². The minimum absolute atomic E-state index is 0.0734. The first-order valence-electron chi connectivity index (χ1n) is 28.3. The lowest BCUT2D eigenvalue weighted by molar-refractivity contribution is -0.167. The molecule has 376 valence electrons. The molecule has 0 saturated carbocycles. The molecule has 0 amide bonds. The van der Waals surface area contributed by atoms with E-state index in [1.165, 1.54) is 193 Å². The van der Waals surface area contributed by atoms with Crippen LogP contribution in [-0.2, 0) is 28.6 Å². The molecule has 6 nitrogen and oxygen atoms in total. The Morgan fingerprint density at radius 3 is 0.859 bits per heavy atom. The summed E-state index contributed by atoms with van der Waals surface area (Å²) in [7, 11) is 0. The Kier molecular flexibility index (Phi) is 51.7. The standard InChI is InChI=1S/C58H108O6/c1-4-7-10-13-16-19-22-24-25-26-27-28-29-30-31-32-33-35-36-39-42-45-48-51-57(60)63-54-55(53-62-56(59)50-47-44-41-38-21-18-15-12-9-6-3)64-58(61)52-49-46-43-40-37-34-23-20-17-14-11-8-5-2/h12,15,20,23,55H,4-11,13-14,16-19,21-22,24-54H2,1-3H3/b15-12-,23-20-. The summed E-state index contributed by atoms with van der Waals surface area (Å²) in [6, 6.07) is 0. The van der Waals surface area contributed by atoms with Gasteiger partial charge in [0.15, 0.2) is 6.10 Å². The molecule has 0 rings (SSSR count). The van der Waals surface area contributed by atoms with Crippen molar-refractivity contribution in [3.8, 4) is 0 Å². The first-order valence-corrected chi connectivity index (χ1v) is 28.3. The van der Waals surface area contributed by atoms with Gasteiger partial charge >= 0.3 is 17.9 Å². The molecule has 0 heterocycles. The molecule has 0 bridgehead atoms. The van der Waals surface area contributed by atoms with Crippen LogP contribution in [-0.4, -0.2) is 37.2 Å². The number of carbonyl (C=O) groups is 3. The van der Waals surface area contributed by atoms with Gasteiger partial charge in [0.05, 0.1) is 0 Å². The van der Waals surface area contributed by atoms with Crippen molar-refractivity contribution < 1.29 is 28.6 Å². The molecule has 1 atom stereocenters. The van der Waals surface area contributed by atoms with Crippen molar-refractivity contribution >= 4 is 17.9 Å². The highest BCUT2D eigenvalue weighted by atomic mass is 16.6. The monoisotopic (exact) mass is 901 g/mol. The number of esters is 3. The lowest BCUT2D eigenvalue weighted by Gasteiger charge is -2.18. The molecule has 0 radical (unpaired) electrons. The average Bonchev–Trinajstić information content (AvgIpc) is 3.29. The number of unbranched alkanes of at least 4 members (excludes halogenated alkanes) is 37. The Morgan fingerprint density at radius 2 is 0.547 bits per heavy atom. The van der Waals surface area contributed by atoms with E-state index in [1.54, 1.807) is 0 Å². The van der Waals surface area contributed by atoms with Crippen molar-refractivity contribution in [3.63, 3.8) is 0 Å². The molecule has 1 unspecified atom stereocenters. The molecule has 0 spiro atoms. The fraction of sp³-hybridized carbons (Fsp3) is 0.879. The number of hydrogen-bond donors (Lipinski definition) is 0. The minimum atomic E-state index is -0.774. The Hall–Kier alpha value is -2.11. The second-order valence-corrected chi connectivity index (χ2v) is 19.2. The van der Waals surface area contributed by atoms with Gasteiger partial charge in [-0.05, 0) is 64.2 Å². The number of rotatable bonds is 52. The summed E-state index contributed by atoms with van der Waals surface area (Å²) in [6.07, 6.45) is 61.9. The quantitative estimate of drug-likeness (QED) is 0.0262. The number of ether oxygens (including phenoxy) is 3. The molecule has 0 aromatic rings. The van der Waals surface area contributed by atoms with Crippen molar-refractivity contribution in [2.75, 3.05) is 13.2 Å². The van der Waals surface area contributed by atoms with Crippen LogP contribution < -0.4 is 0 Å². The fourth-order valence-electron chi connectivity index (χ4n) is 8.38. The predicted octanol–water partition coefficient (Wildman–Crippen LogP) is 18.7. The van der Waals surface area contributed by atoms with Crippen LogP contribution in [0.25, 0.3) is 0 Å². The molecule has 0 aliphatic rings. The lowest BCUT2D eigenvalue weighted by atomic mass is 10.0. The highest BCUT2D eigenvalue weighted by Gasteiger charge is 2.19.